The highest BCUT2D eigenvalue weighted by atomic mass is 32.1. The quantitative estimate of drug-likeness (QED) is 0.669. The van der Waals surface area contributed by atoms with Gasteiger partial charge in [-0.3, -0.25) is 4.79 Å². The maximum Gasteiger partial charge on any atom is 0.275 e. The van der Waals surface area contributed by atoms with Crippen molar-refractivity contribution < 1.29 is 9.90 Å². The van der Waals surface area contributed by atoms with E-state index >= 15 is 0 Å². The first kappa shape index (κ1) is 15.6. The Kier molecular flexibility index (Phi) is 4.92. The maximum absolute atomic E-state index is 11.9. The number of thiophene rings is 1. The first-order chi connectivity index (χ1) is 11.2. The lowest BCUT2D eigenvalue weighted by Gasteiger charge is -2.27. The third-order valence-electron chi connectivity index (χ3n) is 3.79. The molecule has 0 bridgehead atoms. The van der Waals surface area contributed by atoms with Crippen LogP contribution in [0.25, 0.3) is 0 Å². The summed E-state index contributed by atoms with van der Waals surface area (Å²) in [6.07, 6.45) is 5.44. The fourth-order valence-corrected chi connectivity index (χ4v) is 3.51. The van der Waals surface area contributed by atoms with E-state index in [0.717, 1.165) is 18.0 Å². The summed E-state index contributed by atoms with van der Waals surface area (Å²) in [5, 5.41) is 14.9. The maximum atomic E-state index is 11.9. The lowest BCUT2D eigenvalue weighted by atomic mass is 10.1. The van der Waals surface area contributed by atoms with E-state index in [-0.39, 0.29) is 11.3 Å². The number of rotatable bonds is 4. The molecule has 6 heteroatoms. The van der Waals surface area contributed by atoms with Crippen LogP contribution in [0, 0.1) is 0 Å². The summed E-state index contributed by atoms with van der Waals surface area (Å²) >= 11 is 1.67. The molecule has 0 unspecified atom stereocenters. The van der Waals surface area contributed by atoms with E-state index in [2.05, 4.69) is 21.5 Å². The highest BCUT2D eigenvalue weighted by Crippen LogP contribution is 2.27. The molecule has 1 aliphatic rings. The lowest BCUT2D eigenvalue weighted by molar-refractivity contribution is 0.0952. The fourth-order valence-electron chi connectivity index (χ4n) is 2.58. The van der Waals surface area contributed by atoms with Crippen molar-refractivity contribution in [1.82, 2.24) is 5.43 Å². The van der Waals surface area contributed by atoms with Gasteiger partial charge in [-0.05, 0) is 43.5 Å². The Morgan fingerprint density at radius 2 is 1.96 bits per heavy atom. The number of phenols is 1. The molecule has 2 aromatic rings. The van der Waals surface area contributed by atoms with Crippen molar-refractivity contribution in [3.05, 3.63) is 46.8 Å². The Balaban J connectivity index is 1.59. The smallest absolute Gasteiger partial charge is 0.275 e. The van der Waals surface area contributed by atoms with Crippen LogP contribution in [0.3, 0.4) is 0 Å². The zero-order chi connectivity index (χ0) is 16.1. The summed E-state index contributed by atoms with van der Waals surface area (Å²) in [5.74, 6) is -0.476. The molecule has 2 heterocycles. The van der Waals surface area contributed by atoms with Gasteiger partial charge in [0.05, 0.1) is 16.8 Å². The van der Waals surface area contributed by atoms with Crippen molar-refractivity contribution in [2.75, 3.05) is 18.0 Å². The van der Waals surface area contributed by atoms with Gasteiger partial charge >= 0.3 is 0 Å². The minimum atomic E-state index is -0.424. The van der Waals surface area contributed by atoms with Crippen molar-refractivity contribution in [3.63, 3.8) is 0 Å². The van der Waals surface area contributed by atoms with Crippen molar-refractivity contribution in [3.8, 4) is 5.75 Å². The number of hydrogen-bond acceptors (Lipinski definition) is 5. The number of benzene rings is 1. The summed E-state index contributed by atoms with van der Waals surface area (Å²) in [4.78, 5) is 15.3. The highest BCUT2D eigenvalue weighted by molar-refractivity contribution is 7.17. The van der Waals surface area contributed by atoms with Crippen molar-refractivity contribution in [1.29, 1.82) is 0 Å². The number of amides is 1. The van der Waals surface area contributed by atoms with Crippen LogP contribution < -0.4 is 10.3 Å². The highest BCUT2D eigenvalue weighted by Gasteiger charge is 2.12. The monoisotopic (exact) mass is 329 g/mol. The molecule has 1 saturated heterocycles. The average molecular weight is 329 g/mol. The standard InChI is InChI=1S/C17H19N3O2S/c21-15-7-3-2-6-14(15)17(22)19-18-12-13-8-9-16(23-13)20-10-4-1-5-11-20/h2-3,6-9,12,21H,1,4-5,10-11H2,(H,19,22)/b18-12-. The van der Waals surface area contributed by atoms with E-state index in [1.165, 1.54) is 30.3 Å². The SMILES string of the molecule is O=C(N/N=C\c1ccc(N2CCCCC2)s1)c1ccccc1O. The Bertz CT molecular complexity index is 705. The largest absolute Gasteiger partial charge is 0.507 e. The molecule has 23 heavy (non-hydrogen) atoms. The Morgan fingerprint density at radius 1 is 1.17 bits per heavy atom. The lowest BCUT2D eigenvalue weighted by Crippen LogP contribution is -2.28. The van der Waals surface area contributed by atoms with E-state index in [1.54, 1.807) is 35.8 Å². The van der Waals surface area contributed by atoms with Crippen LogP contribution in [0.4, 0.5) is 5.00 Å². The van der Waals surface area contributed by atoms with Crippen molar-refractivity contribution in [2.45, 2.75) is 19.3 Å². The van der Waals surface area contributed by atoms with Gasteiger partial charge in [0.15, 0.2) is 0 Å². The second-order valence-corrected chi connectivity index (χ2v) is 6.53. The number of hydrazone groups is 1. The summed E-state index contributed by atoms with van der Waals surface area (Å²) in [6.45, 7) is 2.22. The van der Waals surface area contributed by atoms with Crippen LogP contribution in [0.15, 0.2) is 41.5 Å². The number of hydrogen-bond donors (Lipinski definition) is 2. The molecular weight excluding hydrogens is 310 g/mol. The number of phenolic OH excluding ortho intramolecular Hbond substituents is 1. The molecule has 1 aromatic carbocycles. The number of piperidine rings is 1. The molecule has 0 saturated carbocycles. The fraction of sp³-hybridized carbons (Fsp3) is 0.294. The topological polar surface area (TPSA) is 64.9 Å². The zero-order valence-electron chi connectivity index (χ0n) is 12.7. The third-order valence-corrected chi connectivity index (χ3v) is 4.87. The number of carbonyl (C=O) groups is 1. The van der Waals surface area contributed by atoms with Crippen LogP contribution in [0.1, 0.15) is 34.5 Å². The molecule has 1 amide bonds. The molecule has 120 valence electrons. The number of aromatic hydroxyl groups is 1. The van der Waals surface area contributed by atoms with Gasteiger partial charge in [-0.15, -0.1) is 11.3 Å². The van der Waals surface area contributed by atoms with Gasteiger partial charge in [0.1, 0.15) is 5.75 Å². The van der Waals surface area contributed by atoms with E-state index in [9.17, 15) is 9.90 Å². The molecule has 0 radical (unpaired) electrons. The molecule has 2 N–H and O–H groups in total. The van der Waals surface area contributed by atoms with Gasteiger partial charge in [-0.25, -0.2) is 5.43 Å². The molecular formula is C17H19N3O2S. The van der Waals surface area contributed by atoms with E-state index in [4.69, 9.17) is 0 Å². The predicted molar refractivity (Wildman–Crippen MR) is 93.6 cm³/mol. The molecule has 1 aliphatic heterocycles. The normalized spacial score (nSPS) is 15.0. The summed E-state index contributed by atoms with van der Waals surface area (Å²) in [6, 6.07) is 10.5. The second-order valence-electron chi connectivity index (χ2n) is 5.44. The first-order valence-electron chi connectivity index (χ1n) is 7.70. The van der Waals surface area contributed by atoms with Gasteiger partial charge < -0.3 is 10.0 Å². The molecule has 0 aliphatic carbocycles. The third kappa shape index (κ3) is 3.90. The van der Waals surface area contributed by atoms with Crippen molar-refractivity contribution >= 4 is 28.5 Å². The number of nitrogens with zero attached hydrogens (tertiary/aromatic N) is 2. The van der Waals surface area contributed by atoms with E-state index in [0.29, 0.717) is 0 Å². The van der Waals surface area contributed by atoms with Crippen LogP contribution in [0.5, 0.6) is 5.75 Å². The number of carbonyl (C=O) groups excluding carboxylic acids is 1. The van der Waals surface area contributed by atoms with Crippen LogP contribution in [0.2, 0.25) is 0 Å². The molecule has 5 nitrogen and oxygen atoms in total. The Morgan fingerprint density at radius 3 is 2.74 bits per heavy atom. The van der Waals surface area contributed by atoms with Crippen LogP contribution >= 0.6 is 11.3 Å². The van der Waals surface area contributed by atoms with Gasteiger partial charge in [0.2, 0.25) is 0 Å². The Labute approximate surface area is 139 Å². The van der Waals surface area contributed by atoms with Gasteiger partial charge in [0, 0.05) is 18.0 Å². The molecule has 0 spiro atoms. The molecule has 1 fully saturated rings. The number of anilines is 1. The Hall–Kier alpha value is -2.34. The zero-order valence-corrected chi connectivity index (χ0v) is 13.6. The minimum Gasteiger partial charge on any atom is -0.507 e. The molecule has 0 atom stereocenters. The van der Waals surface area contributed by atoms with Crippen molar-refractivity contribution in [2.24, 2.45) is 5.10 Å². The van der Waals surface area contributed by atoms with E-state index < -0.39 is 5.91 Å². The second kappa shape index (κ2) is 7.28. The summed E-state index contributed by atoms with van der Waals surface area (Å²) < 4.78 is 0. The first-order valence-corrected chi connectivity index (χ1v) is 8.52. The van der Waals surface area contributed by atoms with Crippen LogP contribution in [-0.2, 0) is 0 Å². The molecule has 1 aromatic heterocycles. The van der Waals surface area contributed by atoms with Crippen LogP contribution in [-0.4, -0.2) is 30.3 Å². The number of para-hydroxylation sites is 1. The van der Waals surface area contributed by atoms with Gasteiger partial charge in [-0.1, -0.05) is 12.1 Å². The predicted octanol–water partition coefficient (Wildman–Crippen LogP) is 3.21. The molecule has 3 rings (SSSR count). The average Bonchev–Trinajstić information content (AvgIpc) is 3.05. The summed E-state index contributed by atoms with van der Waals surface area (Å²) in [7, 11) is 0. The van der Waals surface area contributed by atoms with E-state index in [1.807, 2.05) is 6.07 Å². The van der Waals surface area contributed by atoms with Gasteiger partial charge in [-0.2, -0.15) is 5.10 Å². The summed E-state index contributed by atoms with van der Waals surface area (Å²) in [5.41, 5.74) is 2.65. The minimum absolute atomic E-state index is 0.0521. The number of nitrogens with one attached hydrogen (secondary N) is 1. The van der Waals surface area contributed by atoms with Gasteiger partial charge in [0.25, 0.3) is 5.91 Å².